The topological polar surface area (TPSA) is 50.4 Å². The molecule has 1 aromatic rings. The summed E-state index contributed by atoms with van der Waals surface area (Å²) in [5, 5.41) is 6.04. The number of carbonyl (C=O) groups is 1. The number of benzene rings is 1. The van der Waals surface area contributed by atoms with Crippen LogP contribution in [0, 0.1) is 0 Å². The number of ether oxygens (including phenoxy) is 1. The van der Waals surface area contributed by atoms with Gasteiger partial charge in [0.25, 0.3) is 6.43 Å². The molecular weight excluding hydrogens is 302 g/mol. The van der Waals surface area contributed by atoms with Crippen LogP contribution in [-0.4, -0.2) is 32.1 Å². The lowest BCUT2D eigenvalue weighted by Crippen LogP contribution is -2.16. The molecule has 1 aliphatic heterocycles. The molecule has 1 amide bonds. The van der Waals surface area contributed by atoms with Gasteiger partial charge in [-0.2, -0.15) is 0 Å². The molecule has 0 atom stereocenters. The van der Waals surface area contributed by atoms with Gasteiger partial charge in [-0.15, -0.1) is 12.4 Å². The van der Waals surface area contributed by atoms with Gasteiger partial charge in [0, 0.05) is 17.9 Å². The molecule has 2 N–H and O–H groups in total. The Balaban J connectivity index is 0.00000220. The van der Waals surface area contributed by atoms with E-state index >= 15 is 0 Å². The lowest BCUT2D eigenvalue weighted by molar-refractivity contribution is -0.117. The molecule has 21 heavy (non-hydrogen) atoms. The van der Waals surface area contributed by atoms with Gasteiger partial charge in [0.2, 0.25) is 5.91 Å². The summed E-state index contributed by atoms with van der Waals surface area (Å²) >= 11 is 0. The summed E-state index contributed by atoms with van der Waals surface area (Å²) in [4.78, 5) is 11.6. The molecule has 0 bridgehead atoms. The zero-order valence-corrected chi connectivity index (χ0v) is 12.3. The second-order valence-electron chi connectivity index (χ2n) is 4.67. The molecule has 0 aromatic heterocycles. The number of amides is 1. The first-order valence-electron chi connectivity index (χ1n) is 6.67. The highest BCUT2D eigenvalue weighted by atomic mass is 35.5. The Hall–Kier alpha value is -1.40. The van der Waals surface area contributed by atoms with Gasteiger partial charge in [-0.1, -0.05) is 0 Å². The minimum atomic E-state index is -2.49. The fourth-order valence-electron chi connectivity index (χ4n) is 2.11. The number of nitrogens with one attached hydrogen (secondary N) is 2. The summed E-state index contributed by atoms with van der Waals surface area (Å²) in [6, 6.07) is 5.71. The summed E-state index contributed by atoms with van der Waals surface area (Å²) < 4.78 is 28.3. The molecule has 0 fully saturated rings. The van der Waals surface area contributed by atoms with Crippen molar-refractivity contribution in [3.8, 4) is 0 Å². The number of hydrogen-bond acceptors (Lipinski definition) is 3. The second-order valence-corrected chi connectivity index (χ2v) is 4.67. The van der Waals surface area contributed by atoms with E-state index in [1.54, 1.807) is 0 Å². The molecule has 4 nitrogen and oxygen atoms in total. The number of anilines is 2. The van der Waals surface area contributed by atoms with Gasteiger partial charge < -0.3 is 15.4 Å². The normalized spacial score (nSPS) is 13.1. The van der Waals surface area contributed by atoms with Crippen LogP contribution < -0.4 is 10.6 Å². The zero-order chi connectivity index (χ0) is 14.4. The fraction of sp³-hybridized carbons (Fsp3) is 0.500. The van der Waals surface area contributed by atoms with Crippen molar-refractivity contribution in [2.75, 3.05) is 30.4 Å². The van der Waals surface area contributed by atoms with Crippen molar-refractivity contribution in [1.29, 1.82) is 0 Å². The minimum absolute atomic E-state index is 0. The maximum atomic E-state index is 11.8. The van der Waals surface area contributed by atoms with Crippen molar-refractivity contribution in [2.24, 2.45) is 0 Å². The van der Waals surface area contributed by atoms with E-state index < -0.39 is 13.0 Å². The Morgan fingerprint density at radius 3 is 3.00 bits per heavy atom. The number of halogens is 3. The SMILES string of the molecule is Cl.O=C(CCOCC(F)F)Nc1ccc2c(c1)CCCN2. The lowest BCUT2D eigenvalue weighted by atomic mass is 10.0. The molecule has 1 aliphatic rings. The molecule has 0 saturated carbocycles. The number of aryl methyl sites for hydroxylation is 1. The predicted octanol–water partition coefficient (Wildman–Crippen LogP) is 3.08. The van der Waals surface area contributed by atoms with Gasteiger partial charge in [-0.3, -0.25) is 4.79 Å². The Labute approximate surface area is 128 Å². The van der Waals surface area contributed by atoms with Crippen molar-refractivity contribution in [3.63, 3.8) is 0 Å². The van der Waals surface area contributed by atoms with Gasteiger partial charge in [0.05, 0.1) is 13.0 Å². The van der Waals surface area contributed by atoms with Crippen molar-refractivity contribution in [3.05, 3.63) is 23.8 Å². The van der Waals surface area contributed by atoms with Crippen molar-refractivity contribution < 1.29 is 18.3 Å². The summed E-state index contributed by atoms with van der Waals surface area (Å²) in [5.74, 6) is -0.233. The average Bonchev–Trinajstić information content (AvgIpc) is 2.43. The molecule has 0 spiro atoms. The number of alkyl halides is 2. The third-order valence-corrected chi connectivity index (χ3v) is 3.04. The first kappa shape index (κ1) is 17.7. The van der Waals surface area contributed by atoms with Crippen LogP contribution in [0.5, 0.6) is 0 Å². The maximum absolute atomic E-state index is 11.8. The quantitative estimate of drug-likeness (QED) is 0.792. The molecule has 0 saturated heterocycles. The maximum Gasteiger partial charge on any atom is 0.261 e. The predicted molar refractivity (Wildman–Crippen MR) is 80.6 cm³/mol. The van der Waals surface area contributed by atoms with Crippen LogP contribution >= 0.6 is 12.4 Å². The van der Waals surface area contributed by atoms with Crippen molar-refractivity contribution in [1.82, 2.24) is 0 Å². The molecule has 0 aliphatic carbocycles. The molecule has 118 valence electrons. The van der Waals surface area contributed by atoms with Crippen LogP contribution in [0.4, 0.5) is 20.2 Å². The van der Waals surface area contributed by atoms with Gasteiger partial charge in [-0.25, -0.2) is 8.78 Å². The third-order valence-electron chi connectivity index (χ3n) is 3.04. The van der Waals surface area contributed by atoms with Crippen molar-refractivity contribution in [2.45, 2.75) is 25.7 Å². The summed E-state index contributed by atoms with van der Waals surface area (Å²) in [6.07, 6.45) is -0.358. The Morgan fingerprint density at radius 1 is 1.43 bits per heavy atom. The number of carbonyl (C=O) groups excluding carboxylic acids is 1. The smallest absolute Gasteiger partial charge is 0.261 e. The number of hydrogen-bond donors (Lipinski definition) is 2. The zero-order valence-electron chi connectivity index (χ0n) is 11.5. The third kappa shape index (κ3) is 5.85. The van der Waals surface area contributed by atoms with E-state index in [-0.39, 0.29) is 31.3 Å². The highest BCUT2D eigenvalue weighted by Gasteiger charge is 2.10. The summed E-state index contributed by atoms with van der Waals surface area (Å²) in [7, 11) is 0. The fourth-order valence-corrected chi connectivity index (χ4v) is 2.11. The molecular formula is C14H19ClF2N2O2. The summed E-state index contributed by atoms with van der Waals surface area (Å²) in [6.45, 7) is 0.348. The largest absolute Gasteiger partial charge is 0.385 e. The highest BCUT2D eigenvalue weighted by Crippen LogP contribution is 2.25. The lowest BCUT2D eigenvalue weighted by Gasteiger charge is -2.18. The second kappa shape index (κ2) is 8.79. The van der Waals surface area contributed by atoms with E-state index in [0.29, 0.717) is 0 Å². The van der Waals surface area contributed by atoms with Crippen LogP contribution in [0.2, 0.25) is 0 Å². The number of rotatable bonds is 6. The molecule has 7 heteroatoms. The van der Waals surface area contributed by atoms with Crippen LogP contribution in [0.15, 0.2) is 18.2 Å². The van der Waals surface area contributed by atoms with E-state index in [9.17, 15) is 13.6 Å². The average molecular weight is 321 g/mol. The molecule has 1 heterocycles. The van der Waals surface area contributed by atoms with Gasteiger partial charge >= 0.3 is 0 Å². The highest BCUT2D eigenvalue weighted by molar-refractivity contribution is 5.91. The molecule has 1 aromatic carbocycles. The van der Waals surface area contributed by atoms with E-state index in [1.165, 1.54) is 5.56 Å². The monoisotopic (exact) mass is 320 g/mol. The van der Waals surface area contributed by atoms with Gasteiger partial charge in [0.15, 0.2) is 0 Å². The van der Waals surface area contributed by atoms with E-state index in [1.807, 2.05) is 18.2 Å². The van der Waals surface area contributed by atoms with Gasteiger partial charge in [0.1, 0.15) is 6.61 Å². The standard InChI is InChI=1S/C14H18F2N2O2.ClH/c15-13(16)9-20-7-5-14(19)18-11-3-4-12-10(8-11)2-1-6-17-12;/h3-4,8,13,17H,1-2,5-7,9H2,(H,18,19);1H. The first-order valence-corrected chi connectivity index (χ1v) is 6.67. The van der Waals surface area contributed by atoms with E-state index in [2.05, 4.69) is 15.4 Å². The van der Waals surface area contributed by atoms with Crippen LogP contribution in [-0.2, 0) is 16.0 Å². The first-order chi connectivity index (χ1) is 9.65. The molecule has 0 radical (unpaired) electrons. The Morgan fingerprint density at radius 2 is 2.24 bits per heavy atom. The number of fused-ring (bicyclic) bond motifs is 1. The van der Waals surface area contributed by atoms with E-state index in [0.717, 1.165) is 30.8 Å². The molecule has 0 unspecified atom stereocenters. The van der Waals surface area contributed by atoms with Crippen LogP contribution in [0.1, 0.15) is 18.4 Å². The van der Waals surface area contributed by atoms with Crippen LogP contribution in [0.3, 0.4) is 0 Å². The minimum Gasteiger partial charge on any atom is -0.385 e. The van der Waals surface area contributed by atoms with Crippen molar-refractivity contribution >= 4 is 29.7 Å². The Bertz CT molecular complexity index is 472. The van der Waals surface area contributed by atoms with Gasteiger partial charge in [-0.05, 0) is 36.6 Å². The van der Waals surface area contributed by atoms with E-state index in [4.69, 9.17) is 0 Å². The molecule has 2 rings (SSSR count). The Kier molecular flexibility index (Phi) is 7.39. The summed E-state index contributed by atoms with van der Waals surface area (Å²) in [5.41, 5.74) is 3.02. The van der Waals surface area contributed by atoms with Crippen LogP contribution in [0.25, 0.3) is 0 Å².